The van der Waals surface area contributed by atoms with Crippen molar-refractivity contribution in [3.8, 4) is 0 Å². The minimum absolute atomic E-state index is 0.000915. The van der Waals surface area contributed by atoms with Crippen molar-refractivity contribution in [3.05, 3.63) is 36.5 Å². The van der Waals surface area contributed by atoms with E-state index >= 15 is 0 Å². The Morgan fingerprint density at radius 3 is 1.14 bits per heavy atom. The molecule has 0 aromatic heterocycles. The van der Waals surface area contributed by atoms with E-state index in [0.29, 0.717) is 6.42 Å². The van der Waals surface area contributed by atoms with E-state index in [0.717, 1.165) is 44.9 Å². The van der Waals surface area contributed by atoms with Crippen LogP contribution >= 0.6 is 0 Å². The second-order valence-corrected chi connectivity index (χ2v) is 17.1. The summed E-state index contributed by atoms with van der Waals surface area (Å²) in [5.41, 5.74) is 0. The molecule has 4 N–H and O–H groups in total. The van der Waals surface area contributed by atoms with Gasteiger partial charge >= 0.3 is 0 Å². The fourth-order valence-electron chi connectivity index (χ4n) is 7.59. The average Bonchev–Trinajstić information content (AvgIpc) is 3.19. The summed E-state index contributed by atoms with van der Waals surface area (Å²) in [5.74, 6) is -0.328. The number of hydrogen-bond donors (Lipinski definition) is 4. The van der Waals surface area contributed by atoms with Gasteiger partial charge in [0.05, 0.1) is 31.3 Å². The van der Waals surface area contributed by atoms with Gasteiger partial charge in [-0.1, -0.05) is 230 Å². The van der Waals surface area contributed by atoms with Gasteiger partial charge < -0.3 is 20.6 Å². The molecule has 3 unspecified atom stereocenters. The third kappa shape index (κ3) is 42.2. The molecule has 3 atom stereocenters. The standard InChI is InChI=1S/C51H97NO4/c1-3-5-7-9-11-13-15-17-19-21-23-24-25-26-27-29-31-33-35-37-39-41-43-45-50(55)49(47-53)52-51(56)46-48(54)44-42-40-38-36-34-32-30-28-22-20-18-16-14-12-10-8-6-4-2/h28,30,35,37,43,45,48-50,53-55H,3-27,29,31-34,36,38-42,44,46-47H2,1-2H3,(H,52,56)/b30-28-,37-35+,45-43+. The van der Waals surface area contributed by atoms with Gasteiger partial charge in [-0.2, -0.15) is 0 Å². The molecule has 0 fully saturated rings. The zero-order valence-electron chi connectivity index (χ0n) is 37.5. The number of carbonyl (C=O) groups excluding carboxylic acids is 1. The number of allylic oxidation sites excluding steroid dienone is 5. The van der Waals surface area contributed by atoms with Crippen molar-refractivity contribution in [1.82, 2.24) is 5.32 Å². The van der Waals surface area contributed by atoms with Crippen LogP contribution in [0.1, 0.15) is 258 Å². The molecule has 0 saturated heterocycles. The lowest BCUT2D eigenvalue weighted by atomic mass is 10.0. The second kappa shape index (κ2) is 46.3. The maximum atomic E-state index is 12.5. The number of rotatable bonds is 45. The van der Waals surface area contributed by atoms with Gasteiger partial charge in [0.1, 0.15) is 0 Å². The van der Waals surface area contributed by atoms with E-state index < -0.39 is 18.2 Å². The minimum atomic E-state index is -0.954. The third-order valence-corrected chi connectivity index (χ3v) is 11.4. The molecule has 5 heteroatoms. The molecule has 0 saturated carbocycles. The Kier molecular flexibility index (Phi) is 45.1. The summed E-state index contributed by atoms with van der Waals surface area (Å²) < 4.78 is 0. The Balaban J connectivity index is 3.67. The maximum Gasteiger partial charge on any atom is 0.222 e. The molecule has 0 rings (SSSR count). The van der Waals surface area contributed by atoms with Crippen LogP contribution in [0.15, 0.2) is 36.5 Å². The zero-order chi connectivity index (χ0) is 40.8. The zero-order valence-corrected chi connectivity index (χ0v) is 37.5. The lowest BCUT2D eigenvalue weighted by molar-refractivity contribution is -0.124. The fraction of sp³-hybridized carbons (Fsp3) is 0.863. The summed E-state index contributed by atoms with van der Waals surface area (Å²) in [5, 5.41) is 33.3. The molecular formula is C51H97NO4. The van der Waals surface area contributed by atoms with Crippen LogP contribution in [-0.2, 0) is 4.79 Å². The molecule has 56 heavy (non-hydrogen) atoms. The van der Waals surface area contributed by atoms with Gasteiger partial charge in [0.2, 0.25) is 5.91 Å². The van der Waals surface area contributed by atoms with E-state index in [-0.39, 0.29) is 18.9 Å². The Morgan fingerprint density at radius 2 is 0.768 bits per heavy atom. The molecule has 5 nitrogen and oxygen atoms in total. The lowest BCUT2D eigenvalue weighted by Gasteiger charge is -2.20. The Hall–Kier alpha value is -1.43. The molecule has 330 valence electrons. The van der Waals surface area contributed by atoms with Crippen LogP contribution in [0.3, 0.4) is 0 Å². The first-order valence-corrected chi connectivity index (χ1v) is 24.8. The SMILES string of the molecule is CCCCCCCCCCC/C=C\CCCCCCCC(O)CC(=O)NC(CO)C(O)/C=C/CC/C=C/CCCCCCCCCCCCCCCCCCC. The summed E-state index contributed by atoms with van der Waals surface area (Å²) in [6.45, 7) is 4.22. The normalized spacial score (nSPS) is 13.7. The quantitative estimate of drug-likeness (QED) is 0.0365. The molecule has 0 spiro atoms. The molecule has 0 bridgehead atoms. The number of carbonyl (C=O) groups is 1. The van der Waals surface area contributed by atoms with Crippen molar-refractivity contribution in [3.63, 3.8) is 0 Å². The molecule has 0 heterocycles. The van der Waals surface area contributed by atoms with Crippen LogP contribution in [0.5, 0.6) is 0 Å². The summed E-state index contributed by atoms with van der Waals surface area (Å²) in [6.07, 6.45) is 58.8. The maximum absolute atomic E-state index is 12.5. The minimum Gasteiger partial charge on any atom is -0.394 e. The molecule has 0 aliphatic carbocycles. The predicted octanol–water partition coefficient (Wildman–Crippen LogP) is 14.7. The summed E-state index contributed by atoms with van der Waals surface area (Å²) in [7, 11) is 0. The van der Waals surface area contributed by atoms with Crippen molar-refractivity contribution in [2.75, 3.05) is 6.61 Å². The highest BCUT2D eigenvalue weighted by molar-refractivity contribution is 5.76. The first-order valence-electron chi connectivity index (χ1n) is 24.8. The smallest absolute Gasteiger partial charge is 0.222 e. The van der Waals surface area contributed by atoms with Crippen LogP contribution in [0.4, 0.5) is 0 Å². The van der Waals surface area contributed by atoms with E-state index in [1.165, 1.54) is 186 Å². The summed E-state index contributed by atoms with van der Waals surface area (Å²) >= 11 is 0. The van der Waals surface area contributed by atoms with E-state index in [1.807, 2.05) is 6.08 Å². The first kappa shape index (κ1) is 54.6. The highest BCUT2D eigenvalue weighted by Gasteiger charge is 2.20. The average molecular weight is 788 g/mol. The largest absolute Gasteiger partial charge is 0.394 e. The molecule has 1 amide bonds. The monoisotopic (exact) mass is 788 g/mol. The van der Waals surface area contributed by atoms with Crippen molar-refractivity contribution in [2.24, 2.45) is 0 Å². The van der Waals surface area contributed by atoms with E-state index in [4.69, 9.17) is 0 Å². The first-order chi connectivity index (χ1) is 27.5. The van der Waals surface area contributed by atoms with Gasteiger partial charge in [-0.25, -0.2) is 0 Å². The van der Waals surface area contributed by atoms with Crippen LogP contribution in [0.25, 0.3) is 0 Å². The fourth-order valence-corrected chi connectivity index (χ4v) is 7.59. The van der Waals surface area contributed by atoms with Crippen molar-refractivity contribution < 1.29 is 20.1 Å². The third-order valence-electron chi connectivity index (χ3n) is 11.4. The van der Waals surface area contributed by atoms with E-state index in [9.17, 15) is 20.1 Å². The summed E-state index contributed by atoms with van der Waals surface area (Å²) in [4.78, 5) is 12.5. The Bertz CT molecular complexity index is 870. The number of amides is 1. The molecule has 0 aliphatic rings. The number of aliphatic hydroxyl groups is 3. The van der Waals surface area contributed by atoms with Crippen molar-refractivity contribution >= 4 is 5.91 Å². The number of unbranched alkanes of at least 4 members (excludes halogenated alkanes) is 32. The van der Waals surface area contributed by atoms with E-state index in [2.05, 4.69) is 43.5 Å². The number of hydrogen-bond acceptors (Lipinski definition) is 4. The molecule has 0 aromatic carbocycles. The van der Waals surface area contributed by atoms with Crippen LogP contribution < -0.4 is 5.32 Å². The van der Waals surface area contributed by atoms with Crippen molar-refractivity contribution in [1.29, 1.82) is 0 Å². The Labute approximate surface area is 349 Å². The highest BCUT2D eigenvalue weighted by atomic mass is 16.3. The number of nitrogens with one attached hydrogen (secondary N) is 1. The van der Waals surface area contributed by atoms with Gasteiger partial charge in [0.25, 0.3) is 0 Å². The topological polar surface area (TPSA) is 89.8 Å². The van der Waals surface area contributed by atoms with Gasteiger partial charge in [-0.15, -0.1) is 0 Å². The molecular weight excluding hydrogens is 691 g/mol. The van der Waals surface area contributed by atoms with Crippen molar-refractivity contribution in [2.45, 2.75) is 276 Å². The number of aliphatic hydroxyl groups excluding tert-OH is 3. The Morgan fingerprint density at radius 1 is 0.446 bits per heavy atom. The molecule has 0 radical (unpaired) electrons. The second-order valence-electron chi connectivity index (χ2n) is 17.1. The summed E-state index contributed by atoms with van der Waals surface area (Å²) in [6, 6.07) is -0.764. The predicted molar refractivity (Wildman–Crippen MR) is 245 cm³/mol. The lowest BCUT2D eigenvalue weighted by Crippen LogP contribution is -2.45. The van der Waals surface area contributed by atoms with Gasteiger partial charge in [-0.05, 0) is 57.8 Å². The van der Waals surface area contributed by atoms with Gasteiger partial charge in [0, 0.05) is 0 Å². The van der Waals surface area contributed by atoms with Gasteiger partial charge in [0.15, 0.2) is 0 Å². The molecule has 0 aliphatic heterocycles. The van der Waals surface area contributed by atoms with Crippen LogP contribution in [-0.4, -0.2) is 46.1 Å². The van der Waals surface area contributed by atoms with Crippen LogP contribution in [0, 0.1) is 0 Å². The van der Waals surface area contributed by atoms with Gasteiger partial charge in [-0.3, -0.25) is 4.79 Å². The highest BCUT2D eigenvalue weighted by Crippen LogP contribution is 2.16. The van der Waals surface area contributed by atoms with Crippen LogP contribution in [0.2, 0.25) is 0 Å². The molecule has 0 aromatic rings. The van der Waals surface area contributed by atoms with E-state index in [1.54, 1.807) is 6.08 Å².